The first kappa shape index (κ1) is 16.6. The smallest absolute Gasteiger partial charge is 0.222 e. The number of carbonyl (C=O) groups is 1. The molecule has 0 unspecified atom stereocenters. The van der Waals surface area contributed by atoms with E-state index in [9.17, 15) is 4.79 Å². The summed E-state index contributed by atoms with van der Waals surface area (Å²) >= 11 is 0. The van der Waals surface area contributed by atoms with E-state index in [-0.39, 0.29) is 11.9 Å². The summed E-state index contributed by atoms with van der Waals surface area (Å²) in [7, 11) is 0. The number of benzene rings is 1. The maximum Gasteiger partial charge on any atom is 0.222 e. The van der Waals surface area contributed by atoms with E-state index in [4.69, 9.17) is 15.2 Å². The zero-order chi connectivity index (χ0) is 15.8. The fourth-order valence-electron chi connectivity index (χ4n) is 2.64. The van der Waals surface area contributed by atoms with Crippen LogP contribution in [-0.4, -0.2) is 43.2 Å². The van der Waals surface area contributed by atoms with E-state index in [2.05, 4.69) is 0 Å². The molecule has 122 valence electrons. The summed E-state index contributed by atoms with van der Waals surface area (Å²) in [5.41, 5.74) is 5.91. The molecule has 1 heterocycles. The number of amides is 1. The quantitative estimate of drug-likeness (QED) is 0.784. The molecule has 1 aliphatic rings. The molecule has 0 radical (unpaired) electrons. The van der Waals surface area contributed by atoms with Crippen molar-refractivity contribution in [3.8, 4) is 11.5 Å². The number of nitrogens with zero attached hydrogens (tertiary/aromatic N) is 1. The zero-order valence-corrected chi connectivity index (χ0v) is 13.3. The average Bonchev–Trinajstić information content (AvgIpc) is 2.53. The molecule has 0 spiro atoms. The monoisotopic (exact) mass is 306 g/mol. The minimum atomic E-state index is 0.131. The molecule has 0 bridgehead atoms. The summed E-state index contributed by atoms with van der Waals surface area (Å²) in [6, 6.07) is 7.74. The van der Waals surface area contributed by atoms with Crippen molar-refractivity contribution >= 4 is 5.91 Å². The van der Waals surface area contributed by atoms with Crippen LogP contribution in [0.4, 0.5) is 0 Å². The second-order valence-corrected chi connectivity index (χ2v) is 5.57. The molecule has 1 aliphatic heterocycles. The number of ether oxygens (including phenoxy) is 2. The van der Waals surface area contributed by atoms with E-state index in [1.54, 1.807) is 0 Å². The summed E-state index contributed by atoms with van der Waals surface area (Å²) in [5, 5.41) is 0. The minimum absolute atomic E-state index is 0.131. The van der Waals surface area contributed by atoms with Gasteiger partial charge in [-0.15, -0.1) is 0 Å². The fraction of sp³-hybridized carbons (Fsp3) is 0.588. The van der Waals surface area contributed by atoms with E-state index in [1.807, 2.05) is 36.1 Å². The Balaban J connectivity index is 1.71. The van der Waals surface area contributed by atoms with Crippen molar-refractivity contribution in [3.63, 3.8) is 0 Å². The Morgan fingerprint density at radius 2 is 2.05 bits per heavy atom. The van der Waals surface area contributed by atoms with E-state index in [0.717, 1.165) is 30.9 Å². The Morgan fingerprint density at radius 1 is 1.32 bits per heavy atom. The highest BCUT2D eigenvalue weighted by molar-refractivity contribution is 5.76. The lowest BCUT2D eigenvalue weighted by atomic mass is 10.1. The molecule has 1 atom stereocenters. The second-order valence-electron chi connectivity index (χ2n) is 5.57. The van der Waals surface area contributed by atoms with E-state index >= 15 is 0 Å². The molecule has 0 saturated carbocycles. The maximum absolute atomic E-state index is 12.1. The minimum Gasteiger partial charge on any atom is -0.490 e. The number of piperidine rings is 1. The fourth-order valence-corrected chi connectivity index (χ4v) is 2.64. The summed E-state index contributed by atoms with van der Waals surface area (Å²) in [6.07, 6.45) is 3.22. The van der Waals surface area contributed by atoms with Crippen molar-refractivity contribution in [2.24, 2.45) is 5.73 Å². The molecular weight excluding hydrogens is 280 g/mol. The number of likely N-dealkylation sites (tertiary alicyclic amines) is 1. The van der Waals surface area contributed by atoms with Gasteiger partial charge in [-0.3, -0.25) is 4.79 Å². The van der Waals surface area contributed by atoms with Crippen LogP contribution in [-0.2, 0) is 4.79 Å². The Hall–Kier alpha value is -1.75. The molecular formula is C17H26N2O3. The van der Waals surface area contributed by atoms with Crippen LogP contribution in [0.2, 0.25) is 0 Å². The molecule has 5 nitrogen and oxygen atoms in total. The van der Waals surface area contributed by atoms with Crippen LogP contribution in [0.3, 0.4) is 0 Å². The third-order valence-electron chi connectivity index (χ3n) is 3.75. The van der Waals surface area contributed by atoms with Gasteiger partial charge in [0.15, 0.2) is 11.5 Å². The topological polar surface area (TPSA) is 64.8 Å². The van der Waals surface area contributed by atoms with Crippen molar-refractivity contribution in [3.05, 3.63) is 24.3 Å². The number of carbonyl (C=O) groups excluding carboxylic acids is 1. The SMILES string of the molecule is CCOc1ccccc1OCCCC(=O)N1CCC[C@@H](N)C1. The summed E-state index contributed by atoms with van der Waals surface area (Å²) in [5.74, 6) is 1.66. The molecule has 1 fully saturated rings. The lowest BCUT2D eigenvalue weighted by Gasteiger charge is -2.30. The van der Waals surface area contributed by atoms with Crippen LogP contribution in [0.25, 0.3) is 0 Å². The van der Waals surface area contributed by atoms with Crippen LogP contribution >= 0.6 is 0 Å². The van der Waals surface area contributed by atoms with Gasteiger partial charge in [0.25, 0.3) is 0 Å². The van der Waals surface area contributed by atoms with Gasteiger partial charge in [-0.1, -0.05) is 12.1 Å². The Kier molecular flexibility index (Phi) is 6.52. The summed E-state index contributed by atoms with van der Waals surface area (Å²) < 4.78 is 11.2. The number of para-hydroxylation sites is 2. The second kappa shape index (κ2) is 8.63. The Morgan fingerprint density at radius 3 is 2.73 bits per heavy atom. The maximum atomic E-state index is 12.1. The average molecular weight is 306 g/mol. The van der Waals surface area contributed by atoms with Gasteiger partial charge in [0.05, 0.1) is 13.2 Å². The number of hydrogen-bond donors (Lipinski definition) is 1. The number of rotatable bonds is 7. The van der Waals surface area contributed by atoms with Gasteiger partial charge in [-0.05, 0) is 38.3 Å². The van der Waals surface area contributed by atoms with Crippen molar-refractivity contribution < 1.29 is 14.3 Å². The van der Waals surface area contributed by atoms with E-state index in [1.165, 1.54) is 0 Å². The Bertz CT molecular complexity index is 479. The van der Waals surface area contributed by atoms with E-state index in [0.29, 0.717) is 32.6 Å². The molecule has 2 rings (SSSR count). The van der Waals surface area contributed by atoms with Crippen molar-refractivity contribution in [1.82, 2.24) is 4.90 Å². The van der Waals surface area contributed by atoms with Crippen LogP contribution in [0.1, 0.15) is 32.6 Å². The molecule has 1 aromatic carbocycles. The molecule has 5 heteroatoms. The van der Waals surface area contributed by atoms with Crippen molar-refractivity contribution in [1.29, 1.82) is 0 Å². The van der Waals surface area contributed by atoms with Gasteiger partial charge in [0.2, 0.25) is 5.91 Å². The first-order valence-electron chi connectivity index (χ1n) is 8.08. The van der Waals surface area contributed by atoms with Crippen LogP contribution in [0, 0.1) is 0 Å². The van der Waals surface area contributed by atoms with Crippen LogP contribution < -0.4 is 15.2 Å². The zero-order valence-electron chi connectivity index (χ0n) is 13.3. The van der Waals surface area contributed by atoms with Crippen LogP contribution in [0.15, 0.2) is 24.3 Å². The molecule has 1 aromatic rings. The highest BCUT2D eigenvalue weighted by Gasteiger charge is 2.20. The van der Waals surface area contributed by atoms with Gasteiger partial charge in [0, 0.05) is 25.6 Å². The van der Waals surface area contributed by atoms with Gasteiger partial charge in [-0.25, -0.2) is 0 Å². The summed E-state index contributed by atoms with van der Waals surface area (Å²) in [6.45, 7) is 4.58. The highest BCUT2D eigenvalue weighted by atomic mass is 16.5. The predicted molar refractivity (Wildman–Crippen MR) is 86.1 cm³/mol. The molecule has 1 amide bonds. The lowest BCUT2D eigenvalue weighted by molar-refractivity contribution is -0.132. The third kappa shape index (κ3) is 4.91. The number of hydrogen-bond acceptors (Lipinski definition) is 4. The lowest BCUT2D eigenvalue weighted by Crippen LogP contribution is -2.45. The molecule has 22 heavy (non-hydrogen) atoms. The van der Waals surface area contributed by atoms with Crippen molar-refractivity contribution in [2.45, 2.75) is 38.6 Å². The van der Waals surface area contributed by atoms with Gasteiger partial charge in [0.1, 0.15) is 0 Å². The highest BCUT2D eigenvalue weighted by Crippen LogP contribution is 2.26. The standard InChI is InChI=1S/C17H26N2O3/c1-2-21-15-8-3-4-9-16(15)22-12-6-10-17(20)19-11-5-7-14(18)13-19/h3-4,8-9,14H,2,5-7,10-13,18H2,1H3/t14-/m1/s1. The van der Waals surface area contributed by atoms with E-state index < -0.39 is 0 Å². The normalized spacial score (nSPS) is 18.1. The van der Waals surface area contributed by atoms with Crippen LogP contribution in [0.5, 0.6) is 11.5 Å². The molecule has 0 aromatic heterocycles. The molecule has 1 saturated heterocycles. The Labute approximate surface area is 132 Å². The third-order valence-corrected chi connectivity index (χ3v) is 3.75. The van der Waals surface area contributed by atoms with Gasteiger partial charge < -0.3 is 20.1 Å². The number of nitrogens with two attached hydrogens (primary N) is 1. The van der Waals surface area contributed by atoms with Gasteiger partial charge >= 0.3 is 0 Å². The first-order chi connectivity index (χ1) is 10.7. The first-order valence-corrected chi connectivity index (χ1v) is 8.08. The largest absolute Gasteiger partial charge is 0.490 e. The summed E-state index contributed by atoms with van der Waals surface area (Å²) in [4.78, 5) is 14.0. The predicted octanol–water partition coefficient (Wildman–Crippen LogP) is 2.19. The van der Waals surface area contributed by atoms with Gasteiger partial charge in [-0.2, -0.15) is 0 Å². The molecule has 2 N–H and O–H groups in total. The van der Waals surface area contributed by atoms with Crippen molar-refractivity contribution in [2.75, 3.05) is 26.3 Å². The molecule has 0 aliphatic carbocycles.